The van der Waals surface area contributed by atoms with Crippen molar-refractivity contribution >= 4 is 23.2 Å². The standard InChI is InChI=1S/C17H12ClFN2O4/c1-24-14-4-2-10(6-13(14)19)17(23)25-9-12-7-16(22)21-8-11(18)3-5-15(21)20-12/h2-8H,9H2,1H3. The zero-order valence-electron chi connectivity index (χ0n) is 13.0. The van der Waals surface area contributed by atoms with Gasteiger partial charge in [-0.15, -0.1) is 0 Å². The van der Waals surface area contributed by atoms with Crippen LogP contribution in [0.1, 0.15) is 16.1 Å². The highest BCUT2D eigenvalue weighted by molar-refractivity contribution is 6.30. The summed E-state index contributed by atoms with van der Waals surface area (Å²) >= 11 is 5.84. The second-order valence-electron chi connectivity index (χ2n) is 5.09. The van der Waals surface area contributed by atoms with E-state index in [4.69, 9.17) is 21.1 Å². The van der Waals surface area contributed by atoms with Gasteiger partial charge in [-0.25, -0.2) is 14.2 Å². The molecule has 0 fully saturated rings. The van der Waals surface area contributed by atoms with Gasteiger partial charge in [-0.2, -0.15) is 0 Å². The topological polar surface area (TPSA) is 69.9 Å². The van der Waals surface area contributed by atoms with Gasteiger partial charge in [0.05, 0.1) is 23.4 Å². The van der Waals surface area contributed by atoms with Crippen molar-refractivity contribution in [1.29, 1.82) is 0 Å². The third-order valence-corrected chi connectivity index (χ3v) is 3.64. The summed E-state index contributed by atoms with van der Waals surface area (Å²) in [6.45, 7) is -0.221. The summed E-state index contributed by atoms with van der Waals surface area (Å²) < 4.78 is 24.8. The number of pyridine rings is 1. The first-order valence-electron chi connectivity index (χ1n) is 7.16. The van der Waals surface area contributed by atoms with E-state index in [0.29, 0.717) is 10.7 Å². The van der Waals surface area contributed by atoms with Crippen LogP contribution in [-0.2, 0) is 11.3 Å². The monoisotopic (exact) mass is 362 g/mol. The van der Waals surface area contributed by atoms with Crippen LogP contribution in [0.4, 0.5) is 4.39 Å². The number of rotatable bonds is 4. The Bertz CT molecular complexity index is 1020. The zero-order chi connectivity index (χ0) is 18.0. The lowest BCUT2D eigenvalue weighted by molar-refractivity contribution is 0.0467. The van der Waals surface area contributed by atoms with E-state index in [0.717, 1.165) is 6.07 Å². The summed E-state index contributed by atoms with van der Waals surface area (Å²) in [5.74, 6) is -1.38. The molecule has 8 heteroatoms. The van der Waals surface area contributed by atoms with Gasteiger partial charge in [0.15, 0.2) is 11.6 Å². The second kappa shape index (κ2) is 6.90. The molecule has 3 aromatic rings. The molecule has 0 radical (unpaired) electrons. The van der Waals surface area contributed by atoms with Crippen LogP contribution >= 0.6 is 11.6 Å². The molecule has 25 heavy (non-hydrogen) atoms. The molecular weight excluding hydrogens is 351 g/mol. The van der Waals surface area contributed by atoms with Crippen molar-refractivity contribution in [2.75, 3.05) is 7.11 Å². The van der Waals surface area contributed by atoms with Crippen molar-refractivity contribution in [3.05, 3.63) is 75.0 Å². The van der Waals surface area contributed by atoms with E-state index in [1.165, 1.54) is 35.9 Å². The largest absolute Gasteiger partial charge is 0.494 e. The van der Waals surface area contributed by atoms with Crippen LogP contribution in [0.2, 0.25) is 5.02 Å². The van der Waals surface area contributed by atoms with Gasteiger partial charge < -0.3 is 9.47 Å². The highest BCUT2D eigenvalue weighted by atomic mass is 35.5. The molecule has 0 aliphatic rings. The highest BCUT2D eigenvalue weighted by Gasteiger charge is 2.12. The van der Waals surface area contributed by atoms with Gasteiger partial charge in [-0.3, -0.25) is 9.20 Å². The summed E-state index contributed by atoms with van der Waals surface area (Å²) in [5.41, 5.74) is 0.324. The van der Waals surface area contributed by atoms with E-state index in [1.807, 2.05) is 0 Å². The van der Waals surface area contributed by atoms with Gasteiger partial charge in [0, 0.05) is 12.3 Å². The number of nitrogens with zero attached hydrogens (tertiary/aromatic N) is 2. The average molecular weight is 363 g/mol. The number of benzene rings is 1. The van der Waals surface area contributed by atoms with Gasteiger partial charge in [0.2, 0.25) is 0 Å². The van der Waals surface area contributed by atoms with E-state index >= 15 is 0 Å². The summed E-state index contributed by atoms with van der Waals surface area (Å²) in [5, 5.41) is 0.400. The lowest BCUT2D eigenvalue weighted by Crippen LogP contribution is -2.16. The highest BCUT2D eigenvalue weighted by Crippen LogP contribution is 2.18. The van der Waals surface area contributed by atoms with E-state index in [-0.39, 0.29) is 29.2 Å². The fraction of sp³-hybridized carbons (Fsp3) is 0.118. The molecule has 2 heterocycles. The second-order valence-corrected chi connectivity index (χ2v) is 5.52. The Morgan fingerprint density at radius 3 is 2.80 bits per heavy atom. The molecular formula is C17H12ClFN2O4. The lowest BCUT2D eigenvalue weighted by atomic mass is 10.2. The molecule has 1 aromatic carbocycles. The van der Waals surface area contributed by atoms with Crippen molar-refractivity contribution in [2.24, 2.45) is 0 Å². The molecule has 0 atom stereocenters. The Labute approximate surface area is 146 Å². The first-order valence-corrected chi connectivity index (χ1v) is 7.54. The number of esters is 1. The molecule has 0 amide bonds. The number of fused-ring (bicyclic) bond motifs is 1. The molecule has 6 nitrogen and oxygen atoms in total. The fourth-order valence-corrected chi connectivity index (χ4v) is 2.38. The molecule has 0 spiro atoms. The van der Waals surface area contributed by atoms with Crippen molar-refractivity contribution in [2.45, 2.75) is 6.61 Å². The maximum atomic E-state index is 13.6. The molecule has 2 aromatic heterocycles. The minimum atomic E-state index is -0.736. The Morgan fingerprint density at radius 1 is 1.28 bits per heavy atom. The van der Waals surface area contributed by atoms with Gasteiger partial charge in [0.1, 0.15) is 12.3 Å². The van der Waals surface area contributed by atoms with Crippen LogP contribution in [0.15, 0.2) is 47.4 Å². The van der Waals surface area contributed by atoms with Gasteiger partial charge in [-0.1, -0.05) is 11.6 Å². The predicted molar refractivity (Wildman–Crippen MR) is 88.5 cm³/mol. The van der Waals surface area contributed by atoms with Gasteiger partial charge >= 0.3 is 5.97 Å². The van der Waals surface area contributed by atoms with E-state index < -0.39 is 11.8 Å². The van der Waals surface area contributed by atoms with Crippen LogP contribution in [0.25, 0.3) is 5.65 Å². The maximum absolute atomic E-state index is 13.6. The SMILES string of the molecule is COc1ccc(C(=O)OCc2cc(=O)n3cc(Cl)ccc3n2)cc1F. The molecule has 0 N–H and O–H groups in total. The van der Waals surface area contributed by atoms with Crippen LogP contribution < -0.4 is 10.3 Å². The van der Waals surface area contributed by atoms with Gasteiger partial charge in [0.25, 0.3) is 5.56 Å². The average Bonchev–Trinajstić information content (AvgIpc) is 2.60. The summed E-state index contributed by atoms with van der Waals surface area (Å²) in [7, 11) is 1.33. The summed E-state index contributed by atoms with van der Waals surface area (Å²) in [6, 6.07) is 8.15. The normalized spacial score (nSPS) is 10.7. The zero-order valence-corrected chi connectivity index (χ0v) is 13.8. The van der Waals surface area contributed by atoms with E-state index in [9.17, 15) is 14.0 Å². The smallest absolute Gasteiger partial charge is 0.338 e. The molecule has 0 aliphatic carbocycles. The van der Waals surface area contributed by atoms with Crippen LogP contribution in [0.5, 0.6) is 5.75 Å². The van der Waals surface area contributed by atoms with E-state index in [2.05, 4.69) is 4.98 Å². The molecule has 3 rings (SSSR count). The molecule has 0 aliphatic heterocycles. The van der Waals surface area contributed by atoms with Crippen molar-refractivity contribution in [1.82, 2.24) is 9.38 Å². The first kappa shape index (κ1) is 16.9. The Balaban J connectivity index is 1.78. The number of methoxy groups -OCH3 is 1. The molecule has 0 bridgehead atoms. The number of carbonyl (C=O) groups excluding carboxylic acids is 1. The molecule has 128 valence electrons. The van der Waals surface area contributed by atoms with Crippen molar-refractivity contribution in [3.63, 3.8) is 0 Å². The number of halogens is 2. The first-order chi connectivity index (χ1) is 12.0. The maximum Gasteiger partial charge on any atom is 0.338 e. The third-order valence-electron chi connectivity index (χ3n) is 3.42. The quantitative estimate of drug-likeness (QED) is 0.667. The number of aromatic nitrogens is 2. The third kappa shape index (κ3) is 3.61. The molecule has 0 saturated carbocycles. The summed E-state index contributed by atoms with van der Waals surface area (Å²) in [6.07, 6.45) is 1.45. The van der Waals surface area contributed by atoms with Crippen LogP contribution in [-0.4, -0.2) is 22.5 Å². The Hall–Kier alpha value is -2.93. The molecule has 0 saturated heterocycles. The minimum absolute atomic E-state index is 0.0272. The minimum Gasteiger partial charge on any atom is -0.494 e. The van der Waals surface area contributed by atoms with Crippen LogP contribution in [0, 0.1) is 5.82 Å². The number of hydrogen-bond donors (Lipinski definition) is 0. The lowest BCUT2D eigenvalue weighted by Gasteiger charge is -2.07. The van der Waals surface area contributed by atoms with Crippen LogP contribution in [0.3, 0.4) is 0 Å². The predicted octanol–water partition coefficient (Wildman–Crippen LogP) is 2.85. The van der Waals surface area contributed by atoms with Gasteiger partial charge in [-0.05, 0) is 30.3 Å². The summed E-state index contributed by atoms with van der Waals surface area (Å²) in [4.78, 5) is 28.3. The number of carbonyl (C=O) groups is 1. The Kier molecular flexibility index (Phi) is 4.67. The fourth-order valence-electron chi connectivity index (χ4n) is 2.22. The number of hydrogen-bond acceptors (Lipinski definition) is 5. The van der Waals surface area contributed by atoms with Crippen molar-refractivity contribution < 1.29 is 18.7 Å². The van der Waals surface area contributed by atoms with E-state index in [1.54, 1.807) is 12.1 Å². The van der Waals surface area contributed by atoms with Crippen molar-refractivity contribution in [3.8, 4) is 5.75 Å². The Morgan fingerprint density at radius 2 is 2.08 bits per heavy atom. The number of ether oxygens (including phenoxy) is 2. The molecule has 0 unspecified atom stereocenters.